The Labute approximate surface area is 77.7 Å². The predicted molar refractivity (Wildman–Crippen MR) is 40.3 cm³/mol. The van der Waals surface area contributed by atoms with Gasteiger partial charge in [0.25, 0.3) is 0 Å². The highest BCUT2D eigenvalue weighted by Gasteiger charge is 2.34. The lowest BCUT2D eigenvalue weighted by Gasteiger charge is -1.98. The topological polar surface area (TPSA) is 58.3 Å². The summed E-state index contributed by atoms with van der Waals surface area (Å²) in [6, 6.07) is 0.824. The number of halogens is 3. The maximum atomic E-state index is 12.0. The van der Waals surface area contributed by atoms with Crippen LogP contribution in [0.25, 0.3) is 0 Å². The van der Waals surface area contributed by atoms with Crippen molar-refractivity contribution in [1.29, 1.82) is 0 Å². The molecule has 0 atom stereocenters. The van der Waals surface area contributed by atoms with Gasteiger partial charge in [0.05, 0.1) is 13.2 Å². The second kappa shape index (κ2) is 4.43. The Morgan fingerprint density at radius 3 is 2.71 bits per heavy atom. The number of alkyl halides is 3. The van der Waals surface area contributed by atoms with E-state index < -0.39 is 11.9 Å². The van der Waals surface area contributed by atoms with Crippen molar-refractivity contribution in [2.24, 2.45) is 0 Å². The van der Waals surface area contributed by atoms with E-state index >= 15 is 0 Å². The molecule has 1 aromatic rings. The van der Waals surface area contributed by atoms with Crippen molar-refractivity contribution in [3.8, 4) is 0 Å². The van der Waals surface area contributed by atoms with Crippen molar-refractivity contribution >= 4 is 0 Å². The van der Waals surface area contributed by atoms with Gasteiger partial charge in [0.15, 0.2) is 11.5 Å². The van der Waals surface area contributed by atoms with Gasteiger partial charge in [-0.25, -0.2) is 0 Å². The van der Waals surface area contributed by atoms with Crippen molar-refractivity contribution in [2.75, 3.05) is 13.2 Å². The summed E-state index contributed by atoms with van der Waals surface area (Å²) in [6.07, 6.45) is -4.47. The van der Waals surface area contributed by atoms with E-state index in [1.54, 1.807) is 0 Å². The molecule has 0 unspecified atom stereocenters. The number of hydrogen-bond acceptors (Lipinski definition) is 4. The van der Waals surface area contributed by atoms with Crippen molar-refractivity contribution in [3.63, 3.8) is 0 Å². The Morgan fingerprint density at radius 1 is 1.50 bits per heavy atom. The van der Waals surface area contributed by atoms with E-state index in [1.807, 2.05) is 0 Å². The second-order valence-corrected chi connectivity index (χ2v) is 2.58. The molecule has 0 aliphatic carbocycles. The Hall–Kier alpha value is -1.08. The molecule has 2 N–H and O–H groups in total. The molecule has 80 valence electrons. The first-order valence-electron chi connectivity index (χ1n) is 3.88. The van der Waals surface area contributed by atoms with Gasteiger partial charge in [0.2, 0.25) is 0 Å². The van der Waals surface area contributed by atoms with Gasteiger partial charge in [-0.3, -0.25) is 0 Å². The minimum absolute atomic E-state index is 0.0831. The van der Waals surface area contributed by atoms with Crippen LogP contribution in [0.3, 0.4) is 0 Å². The Bertz CT molecular complexity index is 285. The van der Waals surface area contributed by atoms with E-state index in [4.69, 9.17) is 5.11 Å². The molecule has 0 saturated heterocycles. The van der Waals surface area contributed by atoms with Gasteiger partial charge in [-0.1, -0.05) is 5.16 Å². The molecule has 0 radical (unpaired) electrons. The molecule has 0 aromatic carbocycles. The van der Waals surface area contributed by atoms with Crippen LogP contribution in [-0.4, -0.2) is 23.4 Å². The smallest absolute Gasteiger partial charge is 0.395 e. The monoisotopic (exact) mass is 210 g/mol. The molecule has 1 aromatic heterocycles. The highest BCUT2D eigenvalue weighted by atomic mass is 19.4. The summed E-state index contributed by atoms with van der Waals surface area (Å²) in [5, 5.41) is 13.9. The molecule has 1 rings (SSSR count). The van der Waals surface area contributed by atoms with Crippen LogP contribution < -0.4 is 5.32 Å². The summed E-state index contributed by atoms with van der Waals surface area (Å²) in [6.45, 7) is 0.325. The summed E-state index contributed by atoms with van der Waals surface area (Å²) in [5.74, 6) is 0.0887. The summed E-state index contributed by atoms with van der Waals surface area (Å²) < 4.78 is 40.4. The van der Waals surface area contributed by atoms with E-state index in [0.29, 0.717) is 6.54 Å². The van der Waals surface area contributed by atoms with Crippen LogP contribution in [0.4, 0.5) is 13.2 Å². The van der Waals surface area contributed by atoms with Gasteiger partial charge in [-0.2, -0.15) is 13.2 Å². The number of aromatic nitrogens is 1. The molecule has 7 heteroatoms. The lowest BCUT2D eigenvalue weighted by molar-refractivity contribution is -0.142. The molecule has 0 saturated carbocycles. The van der Waals surface area contributed by atoms with E-state index in [-0.39, 0.29) is 18.9 Å². The first-order valence-corrected chi connectivity index (χ1v) is 3.88. The van der Waals surface area contributed by atoms with Crippen molar-refractivity contribution < 1.29 is 22.8 Å². The molecule has 0 spiro atoms. The number of hydrogen-bond donors (Lipinski definition) is 2. The first kappa shape index (κ1) is 11.0. The van der Waals surface area contributed by atoms with Gasteiger partial charge in [-0.05, 0) is 0 Å². The van der Waals surface area contributed by atoms with Gasteiger partial charge in [0.1, 0.15) is 0 Å². The zero-order chi connectivity index (χ0) is 10.6. The van der Waals surface area contributed by atoms with Crippen LogP contribution in [0, 0.1) is 0 Å². The minimum Gasteiger partial charge on any atom is -0.395 e. The Balaban J connectivity index is 2.51. The van der Waals surface area contributed by atoms with Crippen molar-refractivity contribution in [3.05, 3.63) is 17.5 Å². The van der Waals surface area contributed by atoms with Crippen LogP contribution in [0.5, 0.6) is 0 Å². The van der Waals surface area contributed by atoms with Crippen molar-refractivity contribution in [2.45, 2.75) is 12.7 Å². The number of nitrogens with zero attached hydrogens (tertiary/aromatic N) is 1. The molecule has 4 nitrogen and oxygen atoms in total. The minimum atomic E-state index is -4.47. The zero-order valence-electron chi connectivity index (χ0n) is 7.14. The third-order valence-electron chi connectivity index (χ3n) is 1.44. The number of rotatable bonds is 4. The third kappa shape index (κ3) is 3.00. The van der Waals surface area contributed by atoms with E-state index in [2.05, 4.69) is 15.0 Å². The SMILES string of the molecule is OCCNCc1cc(C(F)(F)F)no1. The molecule has 0 bridgehead atoms. The largest absolute Gasteiger partial charge is 0.436 e. The molecular weight excluding hydrogens is 201 g/mol. The highest BCUT2D eigenvalue weighted by Crippen LogP contribution is 2.28. The maximum Gasteiger partial charge on any atom is 0.436 e. The van der Waals surface area contributed by atoms with Gasteiger partial charge < -0.3 is 14.9 Å². The van der Waals surface area contributed by atoms with Crippen LogP contribution in [0.2, 0.25) is 0 Å². The maximum absolute atomic E-state index is 12.0. The van der Waals surface area contributed by atoms with Gasteiger partial charge in [-0.15, -0.1) is 0 Å². The van der Waals surface area contributed by atoms with Gasteiger partial charge in [0, 0.05) is 12.6 Å². The fourth-order valence-electron chi connectivity index (χ4n) is 0.821. The van der Waals surface area contributed by atoms with Crippen LogP contribution in [0.1, 0.15) is 11.5 Å². The average Bonchev–Trinajstić information content (AvgIpc) is 2.52. The molecule has 0 fully saturated rings. The zero-order valence-corrected chi connectivity index (χ0v) is 7.14. The fourth-order valence-corrected chi connectivity index (χ4v) is 0.821. The Morgan fingerprint density at radius 2 is 2.21 bits per heavy atom. The molecule has 1 heterocycles. The predicted octanol–water partition coefficient (Wildman–Crippen LogP) is 0.775. The van der Waals surface area contributed by atoms with Crippen LogP contribution >= 0.6 is 0 Å². The summed E-state index contributed by atoms with van der Waals surface area (Å²) in [7, 11) is 0. The lowest BCUT2D eigenvalue weighted by Crippen LogP contribution is -2.17. The number of nitrogens with one attached hydrogen (secondary N) is 1. The summed E-state index contributed by atoms with van der Waals surface area (Å²) in [5.41, 5.74) is -1.04. The van der Waals surface area contributed by atoms with E-state index in [9.17, 15) is 13.2 Å². The fraction of sp³-hybridized carbons (Fsp3) is 0.571. The molecule has 0 amide bonds. The normalized spacial score (nSPS) is 12.0. The molecule has 14 heavy (non-hydrogen) atoms. The number of aliphatic hydroxyl groups is 1. The average molecular weight is 210 g/mol. The highest BCUT2D eigenvalue weighted by molar-refractivity contribution is 5.08. The van der Waals surface area contributed by atoms with Gasteiger partial charge >= 0.3 is 6.18 Å². The third-order valence-corrected chi connectivity index (χ3v) is 1.44. The molecule has 0 aliphatic rings. The summed E-state index contributed by atoms with van der Waals surface area (Å²) in [4.78, 5) is 0. The first-order chi connectivity index (χ1) is 6.54. The number of aliphatic hydroxyl groups excluding tert-OH is 1. The molecule has 0 aliphatic heterocycles. The lowest BCUT2D eigenvalue weighted by atomic mass is 10.3. The van der Waals surface area contributed by atoms with Crippen LogP contribution in [-0.2, 0) is 12.7 Å². The van der Waals surface area contributed by atoms with E-state index in [0.717, 1.165) is 6.07 Å². The van der Waals surface area contributed by atoms with E-state index in [1.165, 1.54) is 0 Å². The standard InChI is InChI=1S/C7H9F3N2O2/c8-7(9,10)6-3-5(14-12-6)4-11-1-2-13/h3,11,13H,1-2,4H2. The van der Waals surface area contributed by atoms with Crippen LogP contribution in [0.15, 0.2) is 10.6 Å². The van der Waals surface area contributed by atoms with Crippen molar-refractivity contribution in [1.82, 2.24) is 10.5 Å². The second-order valence-electron chi connectivity index (χ2n) is 2.58. The quantitative estimate of drug-likeness (QED) is 0.721. The summed E-state index contributed by atoms with van der Waals surface area (Å²) >= 11 is 0. The Kier molecular flexibility index (Phi) is 3.48. The molecular formula is C7H9F3N2O2.